The number of halogens is 1. The molecule has 0 heterocycles. The van der Waals surface area contributed by atoms with Gasteiger partial charge in [-0.3, -0.25) is 15.5 Å². The first kappa shape index (κ1) is 14.8. The Bertz CT molecular complexity index is 731. The van der Waals surface area contributed by atoms with E-state index in [9.17, 15) is 10.1 Å². The topological polar surface area (TPSA) is 102 Å². The van der Waals surface area contributed by atoms with Crippen molar-refractivity contribution in [3.8, 4) is 11.5 Å². The molecule has 2 rings (SSSR count). The van der Waals surface area contributed by atoms with Gasteiger partial charge in [0.15, 0.2) is 0 Å². The zero-order chi connectivity index (χ0) is 15.6. The Hall–Kier alpha value is -2.60. The second kappa shape index (κ2) is 5.80. The number of rotatable bonds is 4. The number of para-hydroxylation sites is 1. The maximum Gasteiger partial charge on any atom is 0.313 e. The molecule has 7 heteroatoms. The number of nitro benzene ring substituents is 1. The number of nitrogen functional groups attached to an aromatic ring is 1. The zero-order valence-corrected chi connectivity index (χ0v) is 11.8. The van der Waals surface area contributed by atoms with Crippen molar-refractivity contribution in [3.05, 3.63) is 62.7 Å². The fourth-order valence-electron chi connectivity index (χ4n) is 1.83. The van der Waals surface area contributed by atoms with E-state index in [4.69, 9.17) is 27.5 Å². The number of ether oxygens (including phenoxy) is 1. The summed E-state index contributed by atoms with van der Waals surface area (Å²) in [6.07, 6.45) is 0. The summed E-state index contributed by atoms with van der Waals surface area (Å²) in [5, 5.41) is 18.9. The molecule has 0 aliphatic heterocycles. The van der Waals surface area contributed by atoms with Gasteiger partial charge in [0.1, 0.15) is 11.6 Å². The molecular weight excluding hydrogens is 294 g/mol. The van der Waals surface area contributed by atoms with E-state index in [0.717, 1.165) is 0 Å². The third-order valence-corrected chi connectivity index (χ3v) is 3.07. The highest BCUT2D eigenvalue weighted by atomic mass is 35.5. The molecule has 0 amide bonds. The Labute approximate surface area is 125 Å². The summed E-state index contributed by atoms with van der Waals surface area (Å²) >= 11 is 5.76. The van der Waals surface area contributed by atoms with Gasteiger partial charge in [0.2, 0.25) is 5.75 Å². The van der Waals surface area contributed by atoms with E-state index < -0.39 is 4.92 Å². The molecule has 0 saturated heterocycles. The van der Waals surface area contributed by atoms with Gasteiger partial charge in [-0.25, -0.2) is 0 Å². The van der Waals surface area contributed by atoms with Crippen molar-refractivity contribution in [2.45, 2.75) is 6.92 Å². The van der Waals surface area contributed by atoms with E-state index in [0.29, 0.717) is 16.9 Å². The summed E-state index contributed by atoms with van der Waals surface area (Å²) in [4.78, 5) is 10.5. The van der Waals surface area contributed by atoms with Crippen LogP contribution in [0.15, 0.2) is 36.4 Å². The maximum atomic E-state index is 11.1. The third-order valence-electron chi connectivity index (χ3n) is 2.83. The lowest BCUT2D eigenvalue weighted by Gasteiger charge is -2.13. The van der Waals surface area contributed by atoms with Gasteiger partial charge in [0, 0.05) is 11.1 Å². The van der Waals surface area contributed by atoms with Crippen molar-refractivity contribution < 1.29 is 9.66 Å². The number of amidine groups is 1. The predicted octanol–water partition coefficient (Wildman–Crippen LogP) is 3.63. The highest BCUT2D eigenvalue weighted by Crippen LogP contribution is 2.36. The lowest BCUT2D eigenvalue weighted by Crippen LogP contribution is -2.13. The van der Waals surface area contributed by atoms with E-state index >= 15 is 0 Å². The van der Waals surface area contributed by atoms with Gasteiger partial charge in [-0.2, -0.15) is 0 Å². The van der Waals surface area contributed by atoms with Crippen LogP contribution in [0.3, 0.4) is 0 Å². The van der Waals surface area contributed by atoms with Gasteiger partial charge in [0.25, 0.3) is 0 Å². The van der Waals surface area contributed by atoms with Crippen molar-refractivity contribution in [2.24, 2.45) is 5.73 Å². The minimum absolute atomic E-state index is 0.0428. The van der Waals surface area contributed by atoms with Gasteiger partial charge >= 0.3 is 5.69 Å². The summed E-state index contributed by atoms with van der Waals surface area (Å²) in [7, 11) is 0. The van der Waals surface area contributed by atoms with Crippen LogP contribution in [0.5, 0.6) is 11.5 Å². The van der Waals surface area contributed by atoms with Gasteiger partial charge in [0.05, 0.1) is 10.5 Å². The lowest BCUT2D eigenvalue weighted by atomic mass is 10.1. The van der Waals surface area contributed by atoms with Crippen LogP contribution in [0, 0.1) is 22.4 Å². The quantitative estimate of drug-likeness (QED) is 0.389. The molecule has 2 aromatic rings. The smallest absolute Gasteiger partial charge is 0.313 e. The number of hydrogen-bond acceptors (Lipinski definition) is 4. The highest BCUT2D eigenvalue weighted by Gasteiger charge is 2.19. The molecular formula is C14H12ClN3O3. The van der Waals surface area contributed by atoms with Gasteiger partial charge in [-0.05, 0) is 30.7 Å². The van der Waals surface area contributed by atoms with Crippen LogP contribution in [0.4, 0.5) is 5.69 Å². The van der Waals surface area contributed by atoms with Gasteiger partial charge in [-0.1, -0.05) is 23.7 Å². The molecule has 0 radical (unpaired) electrons. The van der Waals surface area contributed by atoms with Crippen molar-refractivity contribution >= 4 is 23.1 Å². The van der Waals surface area contributed by atoms with E-state index in [-0.39, 0.29) is 22.3 Å². The first-order valence-electron chi connectivity index (χ1n) is 5.96. The molecule has 0 atom stereocenters. The number of hydrogen-bond donors (Lipinski definition) is 2. The van der Waals surface area contributed by atoms with Crippen LogP contribution in [0.1, 0.15) is 11.1 Å². The minimum atomic E-state index is -0.576. The molecule has 0 aliphatic carbocycles. The molecule has 0 spiro atoms. The second-order valence-corrected chi connectivity index (χ2v) is 4.77. The van der Waals surface area contributed by atoms with Crippen molar-refractivity contribution in [1.29, 1.82) is 5.41 Å². The Kier molecular flexibility index (Phi) is 4.09. The molecule has 21 heavy (non-hydrogen) atoms. The van der Waals surface area contributed by atoms with Crippen LogP contribution in [0.25, 0.3) is 0 Å². The molecule has 0 aliphatic rings. The van der Waals surface area contributed by atoms with Crippen LogP contribution in [-0.2, 0) is 0 Å². The van der Waals surface area contributed by atoms with Crippen molar-refractivity contribution in [3.63, 3.8) is 0 Å². The highest BCUT2D eigenvalue weighted by molar-refractivity contribution is 6.30. The molecule has 0 fully saturated rings. The molecule has 3 N–H and O–H groups in total. The summed E-state index contributed by atoms with van der Waals surface area (Å²) in [6.45, 7) is 1.77. The van der Waals surface area contributed by atoms with Crippen molar-refractivity contribution in [2.75, 3.05) is 0 Å². The number of nitrogens with one attached hydrogen (secondary N) is 1. The maximum absolute atomic E-state index is 11.1. The molecule has 0 saturated carbocycles. The van der Waals surface area contributed by atoms with Crippen LogP contribution in [-0.4, -0.2) is 10.8 Å². The van der Waals surface area contributed by atoms with Crippen LogP contribution >= 0.6 is 11.6 Å². The molecule has 6 nitrogen and oxygen atoms in total. The normalized spacial score (nSPS) is 10.2. The Balaban J connectivity index is 2.53. The Morgan fingerprint density at radius 2 is 2.10 bits per heavy atom. The lowest BCUT2D eigenvalue weighted by molar-refractivity contribution is -0.385. The molecule has 0 unspecified atom stereocenters. The first-order chi connectivity index (χ1) is 9.90. The average Bonchev–Trinajstić information content (AvgIpc) is 2.42. The zero-order valence-electron chi connectivity index (χ0n) is 11.1. The summed E-state index contributed by atoms with van der Waals surface area (Å²) < 4.78 is 5.63. The summed E-state index contributed by atoms with van der Waals surface area (Å²) in [5.41, 5.74) is 6.35. The second-order valence-electron chi connectivity index (χ2n) is 4.34. The van der Waals surface area contributed by atoms with E-state index in [1.807, 2.05) is 0 Å². The van der Waals surface area contributed by atoms with E-state index in [1.54, 1.807) is 25.1 Å². The molecule has 108 valence electrons. The number of benzene rings is 2. The van der Waals surface area contributed by atoms with Crippen LogP contribution in [0.2, 0.25) is 5.02 Å². The summed E-state index contributed by atoms with van der Waals surface area (Å²) in [5.74, 6) is 0.182. The number of aryl methyl sites for hydroxylation is 1. The molecule has 2 aromatic carbocycles. The van der Waals surface area contributed by atoms with Gasteiger partial charge < -0.3 is 10.5 Å². The predicted molar refractivity (Wildman–Crippen MR) is 80.4 cm³/mol. The SMILES string of the molecule is Cc1cccc(C(=N)N)c1Oc1ccc(Cl)cc1[N+](=O)[O-]. The Morgan fingerprint density at radius 3 is 2.71 bits per heavy atom. The molecule has 0 aromatic heterocycles. The standard InChI is InChI=1S/C14H12ClN3O3/c1-8-3-2-4-10(14(16)17)13(8)21-12-6-5-9(15)7-11(12)18(19)20/h2-7H,1H3,(H3,16,17). The monoisotopic (exact) mass is 305 g/mol. The fourth-order valence-corrected chi connectivity index (χ4v) is 2.00. The van der Waals surface area contributed by atoms with Crippen molar-refractivity contribution in [1.82, 2.24) is 0 Å². The number of nitrogens with two attached hydrogens (primary N) is 1. The van der Waals surface area contributed by atoms with Gasteiger partial charge in [-0.15, -0.1) is 0 Å². The van der Waals surface area contributed by atoms with E-state index in [1.165, 1.54) is 18.2 Å². The fraction of sp³-hybridized carbons (Fsp3) is 0.0714. The average molecular weight is 306 g/mol. The number of nitro groups is 1. The van der Waals surface area contributed by atoms with E-state index in [2.05, 4.69) is 0 Å². The first-order valence-corrected chi connectivity index (χ1v) is 6.33. The third kappa shape index (κ3) is 3.11. The summed E-state index contributed by atoms with van der Waals surface area (Å²) in [6, 6.07) is 9.24. The molecule has 0 bridgehead atoms. The van der Waals surface area contributed by atoms with Crippen LogP contribution < -0.4 is 10.5 Å². The Morgan fingerprint density at radius 1 is 1.38 bits per heavy atom. The number of nitrogens with zero attached hydrogens (tertiary/aromatic N) is 1. The largest absolute Gasteiger partial charge is 0.449 e. The minimum Gasteiger partial charge on any atom is -0.449 e.